The Morgan fingerprint density at radius 2 is 1.89 bits per heavy atom. The number of rotatable bonds is 6. The van der Waals surface area contributed by atoms with E-state index in [0.717, 1.165) is 24.0 Å². The van der Waals surface area contributed by atoms with Gasteiger partial charge < -0.3 is 15.1 Å². The van der Waals surface area contributed by atoms with Gasteiger partial charge in [-0.1, -0.05) is 23.8 Å². The molecule has 1 aromatic carbocycles. The first-order valence-electron chi connectivity index (χ1n) is 7.09. The molecule has 1 aliphatic carbocycles. The van der Waals surface area contributed by atoms with Gasteiger partial charge in [0.15, 0.2) is 0 Å². The number of aliphatic hydroxyl groups is 2. The number of benzene rings is 1. The Bertz CT molecular complexity index is 429. The van der Waals surface area contributed by atoms with E-state index in [9.17, 15) is 10.2 Å². The fraction of sp³-hybridized carbons (Fsp3) is 0.625. The lowest BCUT2D eigenvalue weighted by Gasteiger charge is -2.24. The zero-order valence-electron chi connectivity index (χ0n) is 12.1. The van der Waals surface area contributed by atoms with Crippen LogP contribution in [0.4, 0.5) is 0 Å². The van der Waals surface area contributed by atoms with E-state index < -0.39 is 6.10 Å². The highest BCUT2D eigenvalue weighted by atomic mass is 16.3. The van der Waals surface area contributed by atoms with Crippen molar-refractivity contribution in [3.63, 3.8) is 0 Å². The van der Waals surface area contributed by atoms with Gasteiger partial charge in [0.1, 0.15) is 0 Å². The molecule has 0 amide bonds. The van der Waals surface area contributed by atoms with E-state index in [4.69, 9.17) is 0 Å². The van der Waals surface area contributed by atoms with Crippen LogP contribution in [0.5, 0.6) is 0 Å². The van der Waals surface area contributed by atoms with E-state index in [1.165, 1.54) is 5.56 Å². The zero-order chi connectivity index (χ0) is 14.0. The SMILES string of the molecule is Cc1ccc([C@@H](O)CN(C)C[C@H](O)C2CC2)c(C)c1. The number of hydrogen-bond acceptors (Lipinski definition) is 3. The molecule has 0 aliphatic heterocycles. The standard InChI is InChI=1S/C16H25NO2/c1-11-4-7-14(12(2)8-11)16(19)10-17(3)9-15(18)13-5-6-13/h4,7-8,13,15-16,18-19H,5-6,9-10H2,1-3H3/t15-,16-/m0/s1. The van der Waals surface area contributed by atoms with E-state index in [0.29, 0.717) is 19.0 Å². The van der Waals surface area contributed by atoms with Crippen molar-refractivity contribution in [3.8, 4) is 0 Å². The summed E-state index contributed by atoms with van der Waals surface area (Å²) < 4.78 is 0. The lowest BCUT2D eigenvalue weighted by atomic mass is 10.0. The maximum atomic E-state index is 10.3. The largest absolute Gasteiger partial charge is 0.392 e. The van der Waals surface area contributed by atoms with Crippen molar-refractivity contribution in [1.82, 2.24) is 4.90 Å². The van der Waals surface area contributed by atoms with Crippen molar-refractivity contribution in [3.05, 3.63) is 34.9 Å². The molecule has 2 atom stereocenters. The average molecular weight is 263 g/mol. The molecule has 0 saturated heterocycles. The molecule has 0 heterocycles. The second-order valence-corrected chi connectivity index (χ2v) is 6.00. The summed E-state index contributed by atoms with van der Waals surface area (Å²) in [5.74, 6) is 0.487. The van der Waals surface area contributed by atoms with Crippen molar-refractivity contribution in [2.75, 3.05) is 20.1 Å². The molecule has 3 nitrogen and oxygen atoms in total. The first-order chi connectivity index (χ1) is 8.97. The van der Waals surface area contributed by atoms with Gasteiger partial charge in [0, 0.05) is 13.1 Å². The Kier molecular flexibility index (Phi) is 4.61. The summed E-state index contributed by atoms with van der Waals surface area (Å²) in [6, 6.07) is 6.13. The van der Waals surface area contributed by atoms with Gasteiger partial charge in [-0.2, -0.15) is 0 Å². The predicted molar refractivity (Wildman–Crippen MR) is 77.1 cm³/mol. The molecule has 0 bridgehead atoms. The van der Waals surface area contributed by atoms with Gasteiger partial charge in [-0.25, -0.2) is 0 Å². The van der Waals surface area contributed by atoms with Crippen molar-refractivity contribution in [2.45, 2.75) is 38.9 Å². The Morgan fingerprint density at radius 1 is 1.21 bits per heavy atom. The summed E-state index contributed by atoms with van der Waals surface area (Å²) in [6.45, 7) is 5.30. The molecule has 0 aromatic heterocycles. The van der Waals surface area contributed by atoms with Crippen LogP contribution in [0.15, 0.2) is 18.2 Å². The third-order valence-electron chi connectivity index (χ3n) is 3.93. The number of likely N-dealkylation sites (N-methyl/N-ethyl adjacent to an activating group) is 1. The Balaban J connectivity index is 1.90. The minimum absolute atomic E-state index is 0.240. The van der Waals surface area contributed by atoms with Gasteiger partial charge in [0.05, 0.1) is 12.2 Å². The first-order valence-corrected chi connectivity index (χ1v) is 7.09. The van der Waals surface area contributed by atoms with Crippen LogP contribution in [0.1, 0.15) is 35.6 Å². The van der Waals surface area contributed by atoms with Gasteiger partial charge in [0.2, 0.25) is 0 Å². The minimum Gasteiger partial charge on any atom is -0.392 e. The molecule has 19 heavy (non-hydrogen) atoms. The molecule has 0 radical (unpaired) electrons. The second kappa shape index (κ2) is 6.04. The highest BCUT2D eigenvalue weighted by Gasteiger charge is 2.30. The van der Waals surface area contributed by atoms with Gasteiger partial charge in [0.25, 0.3) is 0 Å². The fourth-order valence-electron chi connectivity index (χ4n) is 2.62. The summed E-state index contributed by atoms with van der Waals surface area (Å²) in [5.41, 5.74) is 3.33. The number of hydrogen-bond donors (Lipinski definition) is 2. The van der Waals surface area contributed by atoms with Gasteiger partial charge >= 0.3 is 0 Å². The zero-order valence-corrected chi connectivity index (χ0v) is 12.1. The van der Waals surface area contributed by atoms with Gasteiger partial charge in [-0.05, 0) is 50.8 Å². The molecule has 1 saturated carbocycles. The predicted octanol–water partition coefficient (Wildman–Crippen LogP) is 2.04. The maximum absolute atomic E-state index is 10.3. The lowest BCUT2D eigenvalue weighted by molar-refractivity contribution is 0.0731. The third-order valence-corrected chi connectivity index (χ3v) is 3.93. The van der Waals surface area contributed by atoms with Crippen LogP contribution in [0, 0.1) is 19.8 Å². The number of nitrogens with zero attached hydrogens (tertiary/aromatic N) is 1. The van der Waals surface area contributed by atoms with Crippen molar-refractivity contribution in [1.29, 1.82) is 0 Å². The molecular formula is C16H25NO2. The van der Waals surface area contributed by atoms with Crippen molar-refractivity contribution < 1.29 is 10.2 Å². The normalized spacial score (nSPS) is 18.6. The Labute approximate surface area is 115 Å². The number of aliphatic hydroxyl groups excluding tert-OH is 2. The smallest absolute Gasteiger partial charge is 0.0919 e. The van der Waals surface area contributed by atoms with Gasteiger partial charge in [-0.3, -0.25) is 0 Å². The molecule has 2 N–H and O–H groups in total. The first kappa shape index (κ1) is 14.5. The molecule has 1 fully saturated rings. The molecular weight excluding hydrogens is 238 g/mol. The van der Waals surface area contributed by atoms with Crippen LogP contribution in [-0.4, -0.2) is 41.4 Å². The van der Waals surface area contributed by atoms with Gasteiger partial charge in [-0.15, -0.1) is 0 Å². The minimum atomic E-state index is -0.489. The quantitative estimate of drug-likeness (QED) is 0.825. The number of aryl methyl sites for hydroxylation is 2. The lowest BCUT2D eigenvalue weighted by Crippen LogP contribution is -2.33. The molecule has 0 spiro atoms. The van der Waals surface area contributed by atoms with E-state index in [1.807, 2.05) is 31.0 Å². The maximum Gasteiger partial charge on any atom is 0.0919 e. The summed E-state index contributed by atoms with van der Waals surface area (Å²) >= 11 is 0. The molecule has 2 rings (SSSR count). The van der Waals surface area contributed by atoms with Crippen LogP contribution >= 0.6 is 0 Å². The summed E-state index contributed by atoms with van der Waals surface area (Å²) in [6.07, 6.45) is 1.57. The topological polar surface area (TPSA) is 43.7 Å². The molecule has 1 aliphatic rings. The van der Waals surface area contributed by atoms with E-state index >= 15 is 0 Å². The van der Waals surface area contributed by atoms with Crippen LogP contribution in [0.2, 0.25) is 0 Å². The third kappa shape index (κ3) is 4.03. The Hall–Kier alpha value is -0.900. The van der Waals surface area contributed by atoms with Crippen LogP contribution in [0.3, 0.4) is 0 Å². The van der Waals surface area contributed by atoms with Crippen LogP contribution in [-0.2, 0) is 0 Å². The molecule has 106 valence electrons. The highest BCUT2D eigenvalue weighted by molar-refractivity contribution is 5.32. The Morgan fingerprint density at radius 3 is 2.47 bits per heavy atom. The van der Waals surface area contributed by atoms with Crippen LogP contribution in [0.25, 0.3) is 0 Å². The molecule has 1 aromatic rings. The average Bonchev–Trinajstić information content (AvgIpc) is 3.11. The fourth-order valence-corrected chi connectivity index (χ4v) is 2.62. The molecule has 3 heteroatoms. The second-order valence-electron chi connectivity index (χ2n) is 6.00. The highest BCUT2D eigenvalue weighted by Crippen LogP contribution is 2.32. The van der Waals surface area contributed by atoms with E-state index in [2.05, 4.69) is 13.0 Å². The van der Waals surface area contributed by atoms with E-state index in [-0.39, 0.29) is 6.10 Å². The summed E-state index contributed by atoms with van der Waals surface area (Å²) in [5, 5.41) is 20.2. The molecule has 0 unspecified atom stereocenters. The van der Waals surface area contributed by atoms with Crippen molar-refractivity contribution >= 4 is 0 Å². The monoisotopic (exact) mass is 263 g/mol. The summed E-state index contributed by atoms with van der Waals surface area (Å²) in [4.78, 5) is 2.02. The van der Waals surface area contributed by atoms with E-state index in [1.54, 1.807) is 0 Å². The summed E-state index contributed by atoms with van der Waals surface area (Å²) in [7, 11) is 1.96. The van der Waals surface area contributed by atoms with Crippen LogP contribution < -0.4 is 0 Å². The van der Waals surface area contributed by atoms with Crippen molar-refractivity contribution in [2.24, 2.45) is 5.92 Å².